The summed E-state index contributed by atoms with van der Waals surface area (Å²) in [4.78, 5) is 21.8. The molecule has 0 aromatic heterocycles. The highest BCUT2D eigenvalue weighted by atomic mass is 16.5. The fourth-order valence-electron chi connectivity index (χ4n) is 1.70. The number of carbonyl (C=O) groups is 2. The maximum Gasteiger partial charge on any atom is 0.303 e. The van der Waals surface area contributed by atoms with Crippen LogP contribution < -0.4 is 10.6 Å². The van der Waals surface area contributed by atoms with E-state index in [-0.39, 0.29) is 17.7 Å². The second-order valence-corrected chi connectivity index (χ2v) is 5.99. The van der Waals surface area contributed by atoms with Gasteiger partial charge in [0.2, 0.25) is 5.91 Å². The van der Waals surface area contributed by atoms with Gasteiger partial charge in [0.25, 0.3) is 0 Å². The molecule has 124 valence electrons. The van der Waals surface area contributed by atoms with Gasteiger partial charge in [-0.05, 0) is 24.7 Å². The van der Waals surface area contributed by atoms with Crippen molar-refractivity contribution in [2.75, 3.05) is 20.0 Å². The van der Waals surface area contributed by atoms with Gasteiger partial charge >= 0.3 is 5.97 Å². The predicted molar refractivity (Wildman–Crippen MR) is 81.8 cm³/mol. The summed E-state index contributed by atoms with van der Waals surface area (Å²) < 4.78 is 5.43. The van der Waals surface area contributed by atoms with Gasteiger partial charge in [0.15, 0.2) is 0 Å². The highest BCUT2D eigenvalue weighted by Gasteiger charge is 2.18. The molecule has 0 aromatic carbocycles. The lowest BCUT2D eigenvalue weighted by atomic mass is 9.85. The quantitative estimate of drug-likeness (QED) is 0.358. The zero-order valence-corrected chi connectivity index (χ0v) is 13.5. The number of hydrogen-bond donors (Lipinski definition) is 3. The molecule has 0 aliphatic rings. The smallest absolute Gasteiger partial charge is 0.303 e. The Morgan fingerprint density at radius 3 is 2.52 bits per heavy atom. The Hall–Kier alpha value is -1.14. The zero-order chi connectivity index (χ0) is 16.1. The Bertz CT molecular complexity index is 306. The molecule has 0 unspecified atom stereocenters. The number of amides is 1. The number of ether oxygens (including phenoxy) is 1. The van der Waals surface area contributed by atoms with Crippen LogP contribution in [0.15, 0.2) is 0 Å². The molecule has 0 heterocycles. The van der Waals surface area contributed by atoms with E-state index in [2.05, 4.69) is 17.6 Å². The number of nitrogens with one attached hydrogen (secondary N) is 2. The van der Waals surface area contributed by atoms with Crippen LogP contribution in [0.1, 0.15) is 59.3 Å². The summed E-state index contributed by atoms with van der Waals surface area (Å²) in [5, 5.41) is 14.4. The molecule has 0 atom stereocenters. The van der Waals surface area contributed by atoms with Crippen molar-refractivity contribution in [2.24, 2.45) is 5.41 Å². The first kappa shape index (κ1) is 19.9. The molecule has 21 heavy (non-hydrogen) atoms. The molecule has 3 N–H and O–H groups in total. The van der Waals surface area contributed by atoms with Crippen molar-refractivity contribution in [3.05, 3.63) is 0 Å². The van der Waals surface area contributed by atoms with E-state index in [0.717, 1.165) is 19.3 Å². The molecule has 0 spiro atoms. The lowest BCUT2D eigenvalue weighted by molar-refractivity contribution is -0.137. The van der Waals surface area contributed by atoms with E-state index < -0.39 is 5.97 Å². The SMILES string of the molecule is CCCCC(=O)NCNCOCCC(C)(C)CCC(=O)O. The van der Waals surface area contributed by atoms with Crippen LogP contribution in [0.5, 0.6) is 0 Å². The van der Waals surface area contributed by atoms with Crippen molar-refractivity contribution in [1.82, 2.24) is 10.6 Å². The summed E-state index contributed by atoms with van der Waals surface area (Å²) >= 11 is 0. The van der Waals surface area contributed by atoms with Crippen LogP contribution >= 0.6 is 0 Å². The van der Waals surface area contributed by atoms with Gasteiger partial charge < -0.3 is 15.2 Å². The average molecular weight is 302 g/mol. The van der Waals surface area contributed by atoms with E-state index in [4.69, 9.17) is 9.84 Å². The molecule has 0 fully saturated rings. The topological polar surface area (TPSA) is 87.7 Å². The number of carboxylic acids is 1. The fourth-order valence-corrected chi connectivity index (χ4v) is 1.70. The van der Waals surface area contributed by atoms with Gasteiger partial charge in [-0.2, -0.15) is 0 Å². The van der Waals surface area contributed by atoms with Crippen LogP contribution in [-0.4, -0.2) is 37.0 Å². The summed E-state index contributed by atoms with van der Waals surface area (Å²) in [6, 6.07) is 0. The summed E-state index contributed by atoms with van der Waals surface area (Å²) in [6.45, 7) is 7.50. The largest absolute Gasteiger partial charge is 0.481 e. The van der Waals surface area contributed by atoms with Gasteiger partial charge in [-0.15, -0.1) is 0 Å². The third-order valence-corrected chi connectivity index (χ3v) is 3.31. The van der Waals surface area contributed by atoms with Crippen LogP contribution in [0.2, 0.25) is 0 Å². The lowest BCUT2D eigenvalue weighted by Crippen LogP contribution is -2.35. The molecule has 0 aliphatic carbocycles. The summed E-state index contributed by atoms with van der Waals surface area (Å²) in [6.07, 6.45) is 4.14. The van der Waals surface area contributed by atoms with Gasteiger partial charge in [0.05, 0.1) is 13.4 Å². The Morgan fingerprint density at radius 2 is 1.90 bits per heavy atom. The van der Waals surface area contributed by atoms with E-state index >= 15 is 0 Å². The molecule has 0 radical (unpaired) electrons. The van der Waals surface area contributed by atoms with E-state index in [1.807, 2.05) is 13.8 Å². The number of rotatable bonds is 13. The van der Waals surface area contributed by atoms with E-state index in [9.17, 15) is 9.59 Å². The molecule has 1 amide bonds. The van der Waals surface area contributed by atoms with Gasteiger partial charge in [0.1, 0.15) is 0 Å². The Labute approximate surface area is 127 Å². The normalized spacial score (nSPS) is 11.4. The predicted octanol–water partition coefficient (Wildman–Crippen LogP) is 2.10. The van der Waals surface area contributed by atoms with Crippen molar-refractivity contribution in [3.63, 3.8) is 0 Å². The van der Waals surface area contributed by atoms with E-state index in [1.54, 1.807) is 0 Å². The number of hydrogen-bond acceptors (Lipinski definition) is 4. The first-order valence-corrected chi connectivity index (χ1v) is 7.64. The number of unbranched alkanes of at least 4 members (excludes halogenated alkanes) is 1. The molecule has 0 aliphatic heterocycles. The Morgan fingerprint density at radius 1 is 1.19 bits per heavy atom. The Kier molecular flexibility index (Phi) is 10.9. The fraction of sp³-hybridized carbons (Fsp3) is 0.867. The van der Waals surface area contributed by atoms with Crippen molar-refractivity contribution in [1.29, 1.82) is 0 Å². The molecule has 0 bridgehead atoms. The van der Waals surface area contributed by atoms with Gasteiger partial charge in [-0.1, -0.05) is 27.2 Å². The minimum Gasteiger partial charge on any atom is -0.481 e. The number of carbonyl (C=O) groups excluding carboxylic acids is 1. The average Bonchev–Trinajstić information content (AvgIpc) is 2.42. The van der Waals surface area contributed by atoms with Gasteiger partial charge in [-0.3, -0.25) is 14.9 Å². The molecular formula is C15H30N2O4. The lowest BCUT2D eigenvalue weighted by Gasteiger charge is -2.23. The monoisotopic (exact) mass is 302 g/mol. The molecule has 0 rings (SSSR count). The highest BCUT2D eigenvalue weighted by molar-refractivity contribution is 5.75. The van der Waals surface area contributed by atoms with Crippen LogP contribution in [-0.2, 0) is 14.3 Å². The maximum atomic E-state index is 11.3. The van der Waals surface area contributed by atoms with Crippen molar-refractivity contribution in [2.45, 2.75) is 59.3 Å². The highest BCUT2D eigenvalue weighted by Crippen LogP contribution is 2.26. The van der Waals surface area contributed by atoms with Crippen molar-refractivity contribution >= 4 is 11.9 Å². The summed E-state index contributed by atoms with van der Waals surface area (Å²) in [5.41, 5.74) is -0.0350. The van der Waals surface area contributed by atoms with Crippen molar-refractivity contribution < 1.29 is 19.4 Å². The molecule has 0 aromatic rings. The van der Waals surface area contributed by atoms with Crippen LogP contribution in [0.3, 0.4) is 0 Å². The van der Waals surface area contributed by atoms with Crippen LogP contribution in [0, 0.1) is 5.41 Å². The molecular weight excluding hydrogens is 272 g/mol. The summed E-state index contributed by atoms with van der Waals surface area (Å²) in [7, 11) is 0. The third kappa shape index (κ3) is 13.6. The maximum absolute atomic E-state index is 11.3. The zero-order valence-electron chi connectivity index (χ0n) is 13.5. The molecule has 6 nitrogen and oxygen atoms in total. The molecule has 0 saturated heterocycles. The van der Waals surface area contributed by atoms with Crippen LogP contribution in [0.25, 0.3) is 0 Å². The van der Waals surface area contributed by atoms with Gasteiger partial charge in [0, 0.05) is 19.4 Å². The second kappa shape index (κ2) is 11.5. The van der Waals surface area contributed by atoms with Gasteiger partial charge in [-0.25, -0.2) is 0 Å². The number of aliphatic carboxylic acids is 1. The second-order valence-electron chi connectivity index (χ2n) is 5.99. The van der Waals surface area contributed by atoms with Crippen LogP contribution in [0.4, 0.5) is 0 Å². The molecule has 0 saturated carbocycles. The number of carboxylic acid groups (broad SMARTS) is 1. The third-order valence-electron chi connectivity index (χ3n) is 3.31. The van der Waals surface area contributed by atoms with E-state index in [1.165, 1.54) is 0 Å². The van der Waals surface area contributed by atoms with Crippen molar-refractivity contribution in [3.8, 4) is 0 Å². The minimum absolute atomic E-state index is 0.0350. The minimum atomic E-state index is -0.760. The first-order chi connectivity index (χ1) is 9.87. The standard InChI is InChI=1S/C15H30N2O4/c1-4-5-6-13(18)17-11-16-12-21-10-9-15(2,3)8-7-14(19)20/h16H,4-12H2,1-3H3,(H,17,18)(H,19,20). The first-order valence-electron chi connectivity index (χ1n) is 7.64. The molecule has 6 heteroatoms. The van der Waals surface area contributed by atoms with E-state index in [0.29, 0.717) is 32.8 Å². The Balaban J connectivity index is 3.46. The summed E-state index contributed by atoms with van der Waals surface area (Å²) in [5.74, 6) is -0.705.